The molecule has 1 amide bonds. The summed E-state index contributed by atoms with van der Waals surface area (Å²) in [6.07, 6.45) is 3.07. The van der Waals surface area contributed by atoms with Crippen LogP contribution in [0.1, 0.15) is 0 Å². The second kappa shape index (κ2) is 7.85. The Kier molecular flexibility index (Phi) is 6.04. The molecule has 0 saturated heterocycles. The van der Waals surface area contributed by atoms with Crippen LogP contribution in [0.15, 0.2) is 57.2 Å². The minimum Gasteiger partial charge on any atom is -0.324 e. The van der Waals surface area contributed by atoms with Gasteiger partial charge in [0.25, 0.3) is 5.56 Å². The van der Waals surface area contributed by atoms with Crippen molar-refractivity contribution in [3.8, 4) is 0 Å². The minimum absolute atomic E-state index is 0.0468. The first-order valence-electron chi connectivity index (χ1n) is 7.31. The number of carbonyl (C=O) groups excluding carboxylic acids is 1. The van der Waals surface area contributed by atoms with Gasteiger partial charge in [-0.15, -0.1) is 11.8 Å². The van der Waals surface area contributed by atoms with E-state index in [0.29, 0.717) is 5.69 Å². The van der Waals surface area contributed by atoms with Crippen molar-refractivity contribution >= 4 is 33.4 Å². The highest BCUT2D eigenvalue weighted by molar-refractivity contribution is 7.98. The third-order valence-electron chi connectivity index (χ3n) is 3.43. The molecule has 0 aliphatic heterocycles. The number of rotatable bonds is 6. The van der Waals surface area contributed by atoms with Crippen molar-refractivity contribution < 1.29 is 13.2 Å². The molecular formula is C16H19N3O4S2. The fraction of sp³-hybridized carbons (Fsp3) is 0.250. The lowest BCUT2D eigenvalue weighted by atomic mass is 10.3. The standard InChI is InChI=1S/C16H19N3O4S2/c1-18(2)25(22,23)12-8-9-16(21)19(10-12)11-15(20)17-13-6-4-5-7-14(13)24-3/h4-10H,11H2,1-3H3,(H,17,20). The number of carbonyl (C=O) groups is 1. The lowest BCUT2D eigenvalue weighted by Crippen LogP contribution is -2.29. The first kappa shape index (κ1) is 19.2. The zero-order chi connectivity index (χ0) is 18.6. The smallest absolute Gasteiger partial charge is 0.251 e. The van der Waals surface area contributed by atoms with Crippen molar-refractivity contribution in [3.63, 3.8) is 0 Å². The van der Waals surface area contributed by atoms with Gasteiger partial charge in [0.05, 0.1) is 10.6 Å². The van der Waals surface area contributed by atoms with Crippen molar-refractivity contribution in [1.82, 2.24) is 8.87 Å². The molecule has 0 spiro atoms. The Morgan fingerprint density at radius 2 is 1.88 bits per heavy atom. The van der Waals surface area contributed by atoms with Gasteiger partial charge < -0.3 is 9.88 Å². The maximum atomic E-state index is 12.3. The van der Waals surface area contributed by atoms with E-state index >= 15 is 0 Å². The Balaban J connectivity index is 2.25. The van der Waals surface area contributed by atoms with Crippen LogP contribution < -0.4 is 10.9 Å². The van der Waals surface area contributed by atoms with Crippen LogP contribution in [0, 0.1) is 0 Å². The number of aromatic nitrogens is 1. The average molecular weight is 381 g/mol. The predicted molar refractivity (Wildman–Crippen MR) is 98.4 cm³/mol. The monoisotopic (exact) mass is 381 g/mol. The summed E-state index contributed by atoms with van der Waals surface area (Å²) in [6, 6.07) is 9.66. The molecule has 0 unspecified atom stereocenters. The summed E-state index contributed by atoms with van der Waals surface area (Å²) in [5.74, 6) is -0.414. The van der Waals surface area contributed by atoms with Gasteiger partial charge in [-0.3, -0.25) is 9.59 Å². The molecule has 0 aliphatic carbocycles. The van der Waals surface area contributed by atoms with Crippen molar-refractivity contribution in [2.45, 2.75) is 16.3 Å². The number of nitrogens with one attached hydrogen (secondary N) is 1. The van der Waals surface area contributed by atoms with Gasteiger partial charge in [-0.05, 0) is 24.5 Å². The molecule has 0 bridgehead atoms. The number of amides is 1. The Morgan fingerprint density at radius 3 is 2.52 bits per heavy atom. The van der Waals surface area contributed by atoms with Gasteiger partial charge in [-0.1, -0.05) is 12.1 Å². The first-order valence-corrected chi connectivity index (χ1v) is 9.98. The Morgan fingerprint density at radius 1 is 1.20 bits per heavy atom. The van der Waals surface area contributed by atoms with E-state index in [9.17, 15) is 18.0 Å². The molecule has 0 saturated carbocycles. The number of thioether (sulfide) groups is 1. The molecule has 1 N–H and O–H groups in total. The summed E-state index contributed by atoms with van der Waals surface area (Å²) in [6.45, 7) is -0.279. The maximum Gasteiger partial charge on any atom is 0.251 e. The molecule has 0 fully saturated rings. The van der Waals surface area contributed by atoms with Gasteiger partial charge in [0.1, 0.15) is 6.54 Å². The number of hydrogen-bond donors (Lipinski definition) is 1. The van der Waals surface area contributed by atoms with Crippen LogP contribution >= 0.6 is 11.8 Å². The normalized spacial score (nSPS) is 11.5. The summed E-state index contributed by atoms with van der Waals surface area (Å²) < 4.78 is 26.5. The number of para-hydroxylation sites is 1. The first-order chi connectivity index (χ1) is 11.8. The van der Waals surface area contributed by atoms with Crippen LogP contribution in [-0.2, 0) is 21.4 Å². The minimum atomic E-state index is -3.68. The summed E-state index contributed by atoms with van der Waals surface area (Å²) in [7, 11) is -0.884. The Hall–Kier alpha value is -2.10. The van der Waals surface area contributed by atoms with Gasteiger partial charge in [-0.2, -0.15) is 0 Å². The molecule has 1 aromatic carbocycles. The highest BCUT2D eigenvalue weighted by atomic mass is 32.2. The molecule has 2 aromatic rings. The van der Waals surface area contributed by atoms with Gasteiger partial charge in [0.15, 0.2) is 0 Å². The highest BCUT2D eigenvalue weighted by Crippen LogP contribution is 2.24. The number of nitrogens with zero attached hydrogens (tertiary/aromatic N) is 2. The van der Waals surface area contributed by atoms with Gasteiger partial charge in [0.2, 0.25) is 15.9 Å². The van der Waals surface area contributed by atoms with Crippen LogP contribution in [-0.4, -0.2) is 43.5 Å². The summed E-state index contributed by atoms with van der Waals surface area (Å²) in [5, 5.41) is 2.74. The quantitative estimate of drug-likeness (QED) is 0.766. The van der Waals surface area contributed by atoms with E-state index in [1.54, 1.807) is 12.1 Å². The molecule has 134 valence electrons. The lowest BCUT2D eigenvalue weighted by molar-refractivity contribution is -0.116. The van der Waals surface area contributed by atoms with E-state index in [4.69, 9.17) is 0 Å². The van der Waals surface area contributed by atoms with Crippen LogP contribution in [0.5, 0.6) is 0 Å². The molecule has 25 heavy (non-hydrogen) atoms. The molecule has 0 aliphatic rings. The van der Waals surface area contributed by atoms with E-state index in [0.717, 1.165) is 19.8 Å². The zero-order valence-corrected chi connectivity index (χ0v) is 15.7. The van der Waals surface area contributed by atoms with E-state index in [1.165, 1.54) is 38.1 Å². The molecular weight excluding hydrogens is 362 g/mol. The number of pyridine rings is 1. The largest absolute Gasteiger partial charge is 0.324 e. The van der Waals surface area contributed by atoms with Gasteiger partial charge in [-0.25, -0.2) is 12.7 Å². The highest BCUT2D eigenvalue weighted by Gasteiger charge is 2.18. The summed E-state index contributed by atoms with van der Waals surface area (Å²) in [5.41, 5.74) is 0.191. The lowest BCUT2D eigenvalue weighted by Gasteiger charge is -2.13. The fourth-order valence-electron chi connectivity index (χ4n) is 2.09. The number of sulfonamides is 1. The molecule has 9 heteroatoms. The number of anilines is 1. The van der Waals surface area contributed by atoms with Crippen molar-refractivity contribution in [1.29, 1.82) is 0 Å². The molecule has 2 rings (SSSR count). The van der Waals surface area contributed by atoms with E-state index in [2.05, 4.69) is 5.32 Å². The summed E-state index contributed by atoms with van der Waals surface area (Å²) >= 11 is 1.49. The molecule has 1 aromatic heterocycles. The third-order valence-corrected chi connectivity index (χ3v) is 6.02. The van der Waals surface area contributed by atoms with E-state index < -0.39 is 21.5 Å². The third kappa shape index (κ3) is 4.50. The maximum absolute atomic E-state index is 12.3. The van der Waals surface area contributed by atoms with Crippen LogP contribution in [0.25, 0.3) is 0 Å². The number of benzene rings is 1. The van der Waals surface area contributed by atoms with Gasteiger partial charge in [0, 0.05) is 31.3 Å². The van der Waals surface area contributed by atoms with Crippen molar-refractivity contribution in [2.75, 3.05) is 25.7 Å². The molecule has 7 nitrogen and oxygen atoms in total. The van der Waals surface area contributed by atoms with Crippen molar-refractivity contribution in [3.05, 3.63) is 52.9 Å². The summed E-state index contributed by atoms with van der Waals surface area (Å²) in [4.78, 5) is 25.1. The topological polar surface area (TPSA) is 88.5 Å². The van der Waals surface area contributed by atoms with Gasteiger partial charge >= 0.3 is 0 Å². The predicted octanol–water partition coefficient (Wildman–Crippen LogP) is 1.46. The van der Waals surface area contributed by atoms with Crippen LogP contribution in [0.3, 0.4) is 0 Å². The molecule has 1 heterocycles. The second-order valence-electron chi connectivity index (χ2n) is 5.37. The van der Waals surface area contributed by atoms with Crippen LogP contribution in [0.4, 0.5) is 5.69 Å². The second-order valence-corrected chi connectivity index (χ2v) is 8.37. The van der Waals surface area contributed by atoms with E-state index in [-0.39, 0.29) is 11.4 Å². The fourth-order valence-corrected chi connectivity index (χ4v) is 3.56. The molecule has 0 radical (unpaired) electrons. The Bertz CT molecular complexity index is 936. The average Bonchev–Trinajstić information content (AvgIpc) is 2.57. The SMILES string of the molecule is CSc1ccccc1NC(=O)Cn1cc(S(=O)(=O)N(C)C)ccc1=O. The molecule has 0 atom stereocenters. The van der Waals surface area contributed by atoms with Crippen molar-refractivity contribution in [2.24, 2.45) is 0 Å². The number of hydrogen-bond acceptors (Lipinski definition) is 5. The zero-order valence-electron chi connectivity index (χ0n) is 14.1. The van der Waals surface area contributed by atoms with E-state index in [1.807, 2.05) is 18.4 Å². The van der Waals surface area contributed by atoms with Crippen LogP contribution in [0.2, 0.25) is 0 Å². The Labute approximate surface area is 150 Å².